The predicted molar refractivity (Wildman–Crippen MR) is 126 cm³/mol. The summed E-state index contributed by atoms with van der Waals surface area (Å²) in [7, 11) is 0. The van der Waals surface area contributed by atoms with Crippen molar-refractivity contribution in [3.05, 3.63) is 72.4 Å². The Kier molecular flexibility index (Phi) is 7.93. The van der Waals surface area contributed by atoms with E-state index in [0.29, 0.717) is 47.8 Å². The van der Waals surface area contributed by atoms with Crippen LogP contribution in [0.15, 0.2) is 61.0 Å². The average molecular weight is 476 g/mol. The second-order valence-electron chi connectivity index (χ2n) is 7.27. The number of hydrogen-bond acceptors (Lipinski definition) is 8. The molecular weight excluding hydrogens is 447 g/mol. The van der Waals surface area contributed by atoms with Crippen LogP contribution in [0.2, 0.25) is 0 Å². The van der Waals surface area contributed by atoms with Gasteiger partial charge >= 0.3 is 6.18 Å². The van der Waals surface area contributed by atoms with Gasteiger partial charge in [-0.3, -0.25) is 4.98 Å². The van der Waals surface area contributed by atoms with E-state index in [1.54, 1.807) is 24.4 Å². The fourth-order valence-corrected chi connectivity index (χ4v) is 3.10. The van der Waals surface area contributed by atoms with Gasteiger partial charge in [0.2, 0.25) is 5.95 Å². The summed E-state index contributed by atoms with van der Waals surface area (Å²) in [6.07, 6.45) is 0.752. The second kappa shape index (κ2) is 10.9. The minimum absolute atomic E-state index is 0. The lowest BCUT2D eigenvalue weighted by atomic mass is 9.98. The maximum Gasteiger partial charge on any atom is 0.434 e. The van der Waals surface area contributed by atoms with Gasteiger partial charge in [0, 0.05) is 26.7 Å². The summed E-state index contributed by atoms with van der Waals surface area (Å²) in [5.41, 5.74) is 3.57. The highest BCUT2D eigenvalue weighted by Crippen LogP contribution is 2.30. The molecule has 0 saturated carbocycles. The first-order valence-corrected chi connectivity index (χ1v) is 10.5. The van der Waals surface area contributed by atoms with Gasteiger partial charge in [-0.15, -0.1) is 5.73 Å². The number of halogens is 3. The molecule has 3 aromatic rings. The Balaban J connectivity index is 0.00000324. The summed E-state index contributed by atoms with van der Waals surface area (Å²) < 4.78 is 38.7. The lowest BCUT2D eigenvalue weighted by Crippen LogP contribution is -2.20. The van der Waals surface area contributed by atoms with E-state index in [9.17, 15) is 18.3 Å². The Labute approximate surface area is 197 Å². The maximum absolute atomic E-state index is 12.9. The fourth-order valence-electron chi connectivity index (χ4n) is 3.10. The van der Waals surface area contributed by atoms with Crippen LogP contribution < -0.4 is 10.6 Å². The zero-order valence-electron chi connectivity index (χ0n) is 18.6. The number of aliphatic hydroxyl groups excluding tert-OH is 1. The van der Waals surface area contributed by atoms with Crippen molar-refractivity contribution in [2.45, 2.75) is 45.0 Å². The standard InChI is InChI=1S/C23H24F3N7O.2H2/c1-4-15(17-9-10-28-22(32-17)33-21(34)6-3)16(5-2)31-20-8-7-14(11-29-20)18-12-27-13-19(30-18)23(24,25)26;;/h7-13,15,21,34H,2,4,6H2,1,3H3,(H,29,31)(H,28,32,33);2*1H. The number of allylic oxidation sites excluding steroid dienone is 1. The van der Waals surface area contributed by atoms with E-state index in [4.69, 9.17) is 0 Å². The molecule has 11 heteroatoms. The Morgan fingerprint density at radius 1 is 1.12 bits per heavy atom. The summed E-state index contributed by atoms with van der Waals surface area (Å²) in [6, 6.07) is 4.98. The van der Waals surface area contributed by atoms with Gasteiger partial charge in [-0.05, 0) is 31.0 Å². The Morgan fingerprint density at radius 3 is 2.53 bits per heavy atom. The monoisotopic (exact) mass is 475 g/mol. The molecule has 2 atom stereocenters. The van der Waals surface area contributed by atoms with E-state index in [2.05, 4.69) is 47.9 Å². The molecule has 34 heavy (non-hydrogen) atoms. The zero-order valence-corrected chi connectivity index (χ0v) is 18.6. The fraction of sp³-hybridized carbons (Fsp3) is 0.304. The van der Waals surface area contributed by atoms with E-state index in [-0.39, 0.29) is 14.5 Å². The quantitative estimate of drug-likeness (QED) is 0.284. The molecule has 3 heterocycles. The molecule has 0 spiro atoms. The Bertz CT molecular complexity index is 1170. The number of pyridine rings is 1. The van der Waals surface area contributed by atoms with E-state index in [0.717, 1.165) is 0 Å². The molecule has 0 fully saturated rings. The van der Waals surface area contributed by atoms with Crippen molar-refractivity contribution < 1.29 is 21.1 Å². The van der Waals surface area contributed by atoms with Crippen LogP contribution in [-0.2, 0) is 6.18 Å². The first-order valence-electron chi connectivity index (χ1n) is 10.5. The molecule has 3 aromatic heterocycles. The molecule has 0 amide bonds. The number of aliphatic hydroxyl groups is 1. The van der Waals surface area contributed by atoms with Crippen LogP contribution in [-0.4, -0.2) is 36.3 Å². The lowest BCUT2D eigenvalue weighted by molar-refractivity contribution is -0.141. The van der Waals surface area contributed by atoms with Crippen molar-refractivity contribution in [1.82, 2.24) is 24.9 Å². The summed E-state index contributed by atoms with van der Waals surface area (Å²) in [5.74, 6) is 0.538. The minimum atomic E-state index is -4.58. The normalized spacial score (nSPS) is 13.0. The third-order valence-electron chi connectivity index (χ3n) is 4.91. The van der Waals surface area contributed by atoms with E-state index in [1.807, 2.05) is 13.8 Å². The summed E-state index contributed by atoms with van der Waals surface area (Å²) in [6.45, 7) is 7.56. The van der Waals surface area contributed by atoms with Crippen molar-refractivity contribution in [3.8, 4) is 11.3 Å². The SMILES string of the molecule is C=C=C(Nc1ccc(-c2cncc(C(F)(F)F)n2)cn1)C(CC)c1ccnc(NC(O)CC)n1.[HH].[HH]. The van der Waals surface area contributed by atoms with Crippen LogP contribution in [0.4, 0.5) is 24.9 Å². The second-order valence-corrected chi connectivity index (χ2v) is 7.27. The third kappa shape index (κ3) is 6.15. The molecule has 8 nitrogen and oxygen atoms in total. The molecule has 3 rings (SSSR count). The lowest BCUT2D eigenvalue weighted by Gasteiger charge is -2.19. The zero-order chi connectivity index (χ0) is 24.7. The van der Waals surface area contributed by atoms with Gasteiger partial charge in [-0.2, -0.15) is 13.2 Å². The highest BCUT2D eigenvalue weighted by molar-refractivity contribution is 5.59. The molecule has 2 unspecified atom stereocenters. The summed E-state index contributed by atoms with van der Waals surface area (Å²) >= 11 is 0. The largest absolute Gasteiger partial charge is 0.434 e. The highest BCUT2D eigenvalue weighted by atomic mass is 19.4. The van der Waals surface area contributed by atoms with E-state index >= 15 is 0 Å². The van der Waals surface area contributed by atoms with Gasteiger partial charge in [0.05, 0.1) is 29.5 Å². The van der Waals surface area contributed by atoms with E-state index in [1.165, 1.54) is 12.4 Å². The molecule has 0 saturated heterocycles. The first-order chi connectivity index (χ1) is 16.2. The highest BCUT2D eigenvalue weighted by Gasteiger charge is 2.33. The average Bonchev–Trinajstić information content (AvgIpc) is 2.84. The smallest absolute Gasteiger partial charge is 0.374 e. The molecule has 0 aliphatic carbocycles. The van der Waals surface area contributed by atoms with Crippen molar-refractivity contribution in [2.75, 3.05) is 10.6 Å². The molecule has 3 N–H and O–H groups in total. The number of anilines is 2. The van der Waals surface area contributed by atoms with Crippen LogP contribution in [0.1, 0.15) is 46.8 Å². The first kappa shape index (κ1) is 24.8. The van der Waals surface area contributed by atoms with Crippen molar-refractivity contribution >= 4 is 11.8 Å². The Morgan fingerprint density at radius 2 is 1.91 bits per heavy atom. The van der Waals surface area contributed by atoms with Crippen LogP contribution in [0, 0.1) is 0 Å². The van der Waals surface area contributed by atoms with Crippen LogP contribution in [0.3, 0.4) is 0 Å². The molecule has 0 radical (unpaired) electrons. The number of alkyl halides is 3. The molecule has 182 valence electrons. The topological polar surface area (TPSA) is 109 Å². The number of hydrogen-bond donors (Lipinski definition) is 3. The van der Waals surface area contributed by atoms with Gasteiger partial charge < -0.3 is 15.7 Å². The van der Waals surface area contributed by atoms with Gasteiger partial charge in [-0.1, -0.05) is 20.4 Å². The van der Waals surface area contributed by atoms with Crippen molar-refractivity contribution in [2.24, 2.45) is 0 Å². The van der Waals surface area contributed by atoms with Crippen molar-refractivity contribution in [3.63, 3.8) is 0 Å². The van der Waals surface area contributed by atoms with Gasteiger partial charge in [-0.25, -0.2) is 19.9 Å². The van der Waals surface area contributed by atoms with Crippen LogP contribution >= 0.6 is 0 Å². The molecule has 0 bridgehead atoms. The predicted octanol–water partition coefficient (Wildman–Crippen LogP) is 5.25. The molecule has 0 aliphatic heterocycles. The van der Waals surface area contributed by atoms with Crippen LogP contribution in [0.5, 0.6) is 0 Å². The molecule has 0 aliphatic rings. The summed E-state index contributed by atoms with van der Waals surface area (Å²) in [5, 5.41) is 15.8. The molecule has 0 aromatic carbocycles. The van der Waals surface area contributed by atoms with Gasteiger partial charge in [0.1, 0.15) is 12.0 Å². The number of nitrogens with one attached hydrogen (secondary N) is 2. The third-order valence-corrected chi connectivity index (χ3v) is 4.91. The Hall–Kier alpha value is -3.82. The molecular formula is C23H28F3N7O. The number of rotatable bonds is 9. The van der Waals surface area contributed by atoms with Crippen LogP contribution in [0.25, 0.3) is 11.3 Å². The number of aromatic nitrogens is 5. The maximum atomic E-state index is 12.9. The van der Waals surface area contributed by atoms with Gasteiger partial charge in [0.25, 0.3) is 0 Å². The number of nitrogens with zero attached hydrogens (tertiary/aromatic N) is 5. The van der Waals surface area contributed by atoms with E-state index < -0.39 is 18.1 Å². The summed E-state index contributed by atoms with van der Waals surface area (Å²) in [4.78, 5) is 20.2. The van der Waals surface area contributed by atoms with Crippen molar-refractivity contribution in [1.29, 1.82) is 0 Å². The van der Waals surface area contributed by atoms with Gasteiger partial charge in [0.15, 0.2) is 5.69 Å². The minimum Gasteiger partial charge on any atom is -0.374 e.